The summed E-state index contributed by atoms with van der Waals surface area (Å²) in [6.45, 7) is 8.38. The van der Waals surface area contributed by atoms with Crippen LogP contribution in [-0.2, 0) is 6.54 Å². The minimum Gasteiger partial charge on any atom is -0.378 e. The van der Waals surface area contributed by atoms with Gasteiger partial charge in [0.15, 0.2) is 5.96 Å². The SMILES string of the molecule is CCNC(=NCc1ccc(N(C)C)cc1C)NC1CCN(C2CCCC2)CC1. The molecule has 0 aromatic heterocycles. The Bertz CT molecular complexity index is 640. The van der Waals surface area contributed by atoms with Crippen molar-refractivity contribution in [2.75, 3.05) is 38.6 Å². The van der Waals surface area contributed by atoms with Gasteiger partial charge < -0.3 is 20.4 Å². The Kier molecular flexibility index (Phi) is 7.60. The highest BCUT2D eigenvalue weighted by Crippen LogP contribution is 2.26. The summed E-state index contributed by atoms with van der Waals surface area (Å²) in [5, 5.41) is 7.12. The maximum Gasteiger partial charge on any atom is 0.191 e. The zero-order valence-corrected chi connectivity index (χ0v) is 18.3. The quantitative estimate of drug-likeness (QED) is 0.581. The number of nitrogens with zero attached hydrogens (tertiary/aromatic N) is 3. The molecule has 1 aromatic rings. The highest BCUT2D eigenvalue weighted by molar-refractivity contribution is 5.80. The Hall–Kier alpha value is -1.75. The fraction of sp³-hybridized carbons (Fsp3) is 0.696. The van der Waals surface area contributed by atoms with Crippen LogP contribution in [0.4, 0.5) is 5.69 Å². The number of aryl methyl sites for hydroxylation is 1. The molecule has 0 amide bonds. The highest BCUT2D eigenvalue weighted by atomic mass is 15.2. The maximum absolute atomic E-state index is 4.88. The second-order valence-electron chi connectivity index (χ2n) is 8.59. The molecular weight excluding hydrogens is 346 g/mol. The van der Waals surface area contributed by atoms with E-state index in [2.05, 4.69) is 66.6 Å². The third-order valence-electron chi connectivity index (χ3n) is 6.31. The van der Waals surface area contributed by atoms with Crippen LogP contribution in [0.25, 0.3) is 0 Å². The van der Waals surface area contributed by atoms with Gasteiger partial charge in [-0.1, -0.05) is 18.9 Å². The number of rotatable bonds is 6. The van der Waals surface area contributed by atoms with Crippen molar-refractivity contribution < 1.29 is 0 Å². The Morgan fingerprint density at radius 1 is 1.14 bits per heavy atom. The molecule has 5 nitrogen and oxygen atoms in total. The minimum absolute atomic E-state index is 0.535. The molecule has 5 heteroatoms. The van der Waals surface area contributed by atoms with E-state index in [1.807, 2.05) is 0 Å². The number of hydrogen-bond acceptors (Lipinski definition) is 3. The largest absolute Gasteiger partial charge is 0.378 e. The number of guanidine groups is 1. The lowest BCUT2D eigenvalue weighted by Gasteiger charge is -2.36. The van der Waals surface area contributed by atoms with Gasteiger partial charge in [-0.15, -0.1) is 0 Å². The number of anilines is 1. The van der Waals surface area contributed by atoms with Crippen molar-refractivity contribution >= 4 is 11.6 Å². The molecular formula is C23H39N5. The molecule has 3 rings (SSSR count). The smallest absolute Gasteiger partial charge is 0.191 e. The van der Waals surface area contributed by atoms with Crippen molar-refractivity contribution in [1.82, 2.24) is 15.5 Å². The van der Waals surface area contributed by atoms with Gasteiger partial charge in [-0.05, 0) is 62.8 Å². The first-order valence-corrected chi connectivity index (χ1v) is 11.1. The maximum atomic E-state index is 4.88. The van der Waals surface area contributed by atoms with Crippen LogP contribution in [-0.4, -0.2) is 56.7 Å². The van der Waals surface area contributed by atoms with Crippen molar-refractivity contribution in [3.05, 3.63) is 29.3 Å². The van der Waals surface area contributed by atoms with Gasteiger partial charge in [0.2, 0.25) is 0 Å². The fourth-order valence-corrected chi connectivity index (χ4v) is 4.49. The first-order valence-electron chi connectivity index (χ1n) is 11.1. The molecule has 1 aromatic carbocycles. The van der Waals surface area contributed by atoms with E-state index in [1.54, 1.807) is 0 Å². The number of hydrogen-bond donors (Lipinski definition) is 2. The molecule has 2 N–H and O–H groups in total. The lowest BCUT2D eigenvalue weighted by molar-refractivity contribution is 0.150. The molecule has 156 valence electrons. The normalized spacial score (nSPS) is 19.8. The molecule has 28 heavy (non-hydrogen) atoms. The van der Waals surface area contributed by atoms with Crippen molar-refractivity contribution in [2.24, 2.45) is 4.99 Å². The van der Waals surface area contributed by atoms with Gasteiger partial charge in [-0.25, -0.2) is 4.99 Å². The molecule has 0 unspecified atom stereocenters. The van der Waals surface area contributed by atoms with Gasteiger partial charge in [0.25, 0.3) is 0 Å². The molecule has 1 saturated heterocycles. The van der Waals surface area contributed by atoms with Crippen molar-refractivity contribution in [1.29, 1.82) is 0 Å². The standard InChI is InChI=1S/C23H39N5/c1-5-24-23(25-17-19-10-11-22(27(3)4)16-18(19)2)26-20-12-14-28(15-13-20)21-8-6-7-9-21/h10-11,16,20-21H,5-9,12-15,17H2,1-4H3,(H2,24,25,26). The van der Waals surface area contributed by atoms with Crippen LogP contribution in [0.5, 0.6) is 0 Å². The van der Waals surface area contributed by atoms with Crippen LogP contribution < -0.4 is 15.5 Å². The second kappa shape index (κ2) is 10.1. The Morgan fingerprint density at radius 3 is 2.46 bits per heavy atom. The van der Waals surface area contributed by atoms with Crippen LogP contribution in [0.1, 0.15) is 56.6 Å². The molecule has 1 aliphatic heterocycles. The molecule has 2 fully saturated rings. The van der Waals surface area contributed by atoms with Gasteiger partial charge in [0.05, 0.1) is 6.54 Å². The Balaban J connectivity index is 1.54. The molecule has 0 bridgehead atoms. The molecule has 0 spiro atoms. The summed E-state index contributed by atoms with van der Waals surface area (Å²) in [5.74, 6) is 0.956. The van der Waals surface area contributed by atoms with Gasteiger partial charge in [0, 0.05) is 51.5 Å². The van der Waals surface area contributed by atoms with E-state index in [4.69, 9.17) is 4.99 Å². The predicted octanol–water partition coefficient (Wildman–Crippen LogP) is 3.52. The number of likely N-dealkylation sites (tertiary alicyclic amines) is 1. The predicted molar refractivity (Wildman–Crippen MR) is 120 cm³/mol. The second-order valence-corrected chi connectivity index (χ2v) is 8.59. The van der Waals surface area contributed by atoms with Crippen molar-refractivity contribution in [2.45, 2.75) is 71.0 Å². The van der Waals surface area contributed by atoms with E-state index in [-0.39, 0.29) is 0 Å². The fourth-order valence-electron chi connectivity index (χ4n) is 4.49. The topological polar surface area (TPSA) is 42.9 Å². The molecule has 1 heterocycles. The van der Waals surface area contributed by atoms with Gasteiger partial charge >= 0.3 is 0 Å². The number of piperidine rings is 1. The first kappa shape index (κ1) is 21.0. The zero-order valence-electron chi connectivity index (χ0n) is 18.3. The summed E-state index contributed by atoms with van der Waals surface area (Å²) in [5.41, 5.74) is 3.83. The number of nitrogens with one attached hydrogen (secondary N) is 2. The summed E-state index contributed by atoms with van der Waals surface area (Å²) in [7, 11) is 4.16. The van der Waals surface area contributed by atoms with Crippen LogP contribution in [0.2, 0.25) is 0 Å². The molecule has 0 atom stereocenters. The number of aliphatic imine (C=N–C) groups is 1. The summed E-state index contributed by atoms with van der Waals surface area (Å²) >= 11 is 0. The Morgan fingerprint density at radius 2 is 1.86 bits per heavy atom. The molecule has 1 aliphatic carbocycles. The molecule has 0 radical (unpaired) electrons. The Labute approximate surface area is 171 Å². The number of benzene rings is 1. The summed E-state index contributed by atoms with van der Waals surface area (Å²) in [6.07, 6.45) is 8.11. The highest BCUT2D eigenvalue weighted by Gasteiger charge is 2.27. The van der Waals surface area contributed by atoms with Crippen LogP contribution >= 0.6 is 0 Å². The van der Waals surface area contributed by atoms with Crippen LogP contribution in [0, 0.1) is 6.92 Å². The van der Waals surface area contributed by atoms with E-state index in [1.165, 1.54) is 68.4 Å². The van der Waals surface area contributed by atoms with Crippen LogP contribution in [0.15, 0.2) is 23.2 Å². The zero-order chi connectivity index (χ0) is 19.9. The minimum atomic E-state index is 0.535. The van der Waals surface area contributed by atoms with Gasteiger partial charge in [-0.2, -0.15) is 0 Å². The van der Waals surface area contributed by atoms with Crippen molar-refractivity contribution in [3.63, 3.8) is 0 Å². The van der Waals surface area contributed by atoms with Crippen LogP contribution in [0.3, 0.4) is 0 Å². The summed E-state index contributed by atoms with van der Waals surface area (Å²) in [6, 6.07) is 8.02. The average molecular weight is 386 g/mol. The first-order chi connectivity index (χ1) is 13.6. The average Bonchev–Trinajstić information content (AvgIpc) is 3.22. The van der Waals surface area contributed by atoms with E-state index >= 15 is 0 Å². The third-order valence-corrected chi connectivity index (χ3v) is 6.31. The lowest BCUT2D eigenvalue weighted by atomic mass is 10.0. The van der Waals surface area contributed by atoms with Crippen molar-refractivity contribution in [3.8, 4) is 0 Å². The molecule has 1 saturated carbocycles. The molecule has 2 aliphatic rings. The van der Waals surface area contributed by atoms with E-state index < -0.39 is 0 Å². The van der Waals surface area contributed by atoms with Gasteiger partial charge in [0.1, 0.15) is 0 Å². The van der Waals surface area contributed by atoms with E-state index in [9.17, 15) is 0 Å². The van der Waals surface area contributed by atoms with Gasteiger partial charge in [-0.3, -0.25) is 0 Å². The summed E-state index contributed by atoms with van der Waals surface area (Å²) < 4.78 is 0. The van der Waals surface area contributed by atoms with E-state index in [0.717, 1.165) is 25.1 Å². The summed E-state index contributed by atoms with van der Waals surface area (Å²) in [4.78, 5) is 9.75. The lowest BCUT2D eigenvalue weighted by Crippen LogP contribution is -2.50. The third kappa shape index (κ3) is 5.63. The van der Waals surface area contributed by atoms with E-state index in [0.29, 0.717) is 6.04 Å². The monoisotopic (exact) mass is 385 g/mol.